The molecule has 1 atom stereocenters. The molecule has 13 heavy (non-hydrogen) atoms. The minimum Gasteiger partial charge on any atom is -0.396 e. The molecule has 2 N–H and O–H groups in total. The highest BCUT2D eigenvalue weighted by Gasteiger charge is 1.98. The highest BCUT2D eigenvalue weighted by atomic mass is 16.3. The average Bonchev–Trinajstić information content (AvgIpc) is 2.04. The van der Waals surface area contributed by atoms with Gasteiger partial charge in [0.15, 0.2) is 0 Å². The normalized spacial score (nSPS) is 13.7. The van der Waals surface area contributed by atoms with E-state index < -0.39 is 0 Å². The van der Waals surface area contributed by atoms with E-state index in [2.05, 4.69) is 13.0 Å². The van der Waals surface area contributed by atoms with Crippen molar-refractivity contribution < 1.29 is 10.2 Å². The molecule has 0 saturated carbocycles. The fourth-order valence-electron chi connectivity index (χ4n) is 1.04. The van der Waals surface area contributed by atoms with E-state index in [0.29, 0.717) is 5.92 Å². The number of rotatable bonds is 6. The molecule has 0 aliphatic rings. The molecule has 1 unspecified atom stereocenters. The molecule has 0 fully saturated rings. The van der Waals surface area contributed by atoms with Gasteiger partial charge in [-0.25, -0.2) is 0 Å². The van der Waals surface area contributed by atoms with Crippen LogP contribution >= 0.6 is 0 Å². The number of allylic oxidation sites excluding steroid dienone is 1. The van der Waals surface area contributed by atoms with Crippen molar-refractivity contribution in [1.29, 1.82) is 0 Å². The van der Waals surface area contributed by atoms with Crippen LogP contribution in [0.25, 0.3) is 0 Å². The first-order chi connectivity index (χ1) is 5.70. The van der Waals surface area contributed by atoms with E-state index in [9.17, 15) is 0 Å². The van der Waals surface area contributed by atoms with Gasteiger partial charge in [-0.2, -0.15) is 0 Å². The van der Waals surface area contributed by atoms with Crippen LogP contribution < -0.4 is 0 Å². The summed E-state index contributed by atoms with van der Waals surface area (Å²) in [6.45, 7) is 4.51. The van der Waals surface area contributed by atoms with E-state index >= 15 is 0 Å². The summed E-state index contributed by atoms with van der Waals surface area (Å²) in [5.41, 5.74) is 1.03. The van der Waals surface area contributed by atoms with Crippen molar-refractivity contribution in [3.8, 4) is 0 Å². The SMILES string of the molecule is C.C/C(=C/CCC(C)CCO)CO. The van der Waals surface area contributed by atoms with Crippen LogP contribution in [0.3, 0.4) is 0 Å². The van der Waals surface area contributed by atoms with Gasteiger partial charge in [0.25, 0.3) is 0 Å². The predicted molar refractivity (Wildman–Crippen MR) is 57.7 cm³/mol. The molecule has 0 aromatic carbocycles. The molecule has 0 aliphatic heterocycles. The van der Waals surface area contributed by atoms with E-state index in [-0.39, 0.29) is 20.6 Å². The third kappa shape index (κ3) is 9.57. The fourth-order valence-corrected chi connectivity index (χ4v) is 1.04. The van der Waals surface area contributed by atoms with Gasteiger partial charge in [-0.3, -0.25) is 0 Å². The van der Waals surface area contributed by atoms with Gasteiger partial charge >= 0.3 is 0 Å². The van der Waals surface area contributed by atoms with Gasteiger partial charge in [-0.05, 0) is 32.1 Å². The molecule has 0 aliphatic carbocycles. The standard InChI is InChI=1S/C10H20O2.CH4/c1-9(6-7-11)4-3-5-10(2)8-12;/h5,9,11-12H,3-4,6-8H2,1-2H3;1H4/b10-5-;. The second kappa shape index (κ2) is 9.75. The van der Waals surface area contributed by atoms with Crippen LogP contribution in [0, 0.1) is 5.92 Å². The van der Waals surface area contributed by atoms with Gasteiger partial charge in [0.2, 0.25) is 0 Å². The van der Waals surface area contributed by atoms with Crippen LogP contribution in [0.15, 0.2) is 11.6 Å². The molecular formula is C11H24O2. The molecule has 0 aromatic heterocycles. The minimum absolute atomic E-state index is 0. The van der Waals surface area contributed by atoms with Gasteiger partial charge < -0.3 is 10.2 Å². The Balaban J connectivity index is 0. The van der Waals surface area contributed by atoms with Gasteiger partial charge in [0, 0.05) is 6.61 Å². The zero-order valence-electron chi connectivity index (χ0n) is 8.08. The van der Waals surface area contributed by atoms with Gasteiger partial charge in [-0.15, -0.1) is 0 Å². The Hall–Kier alpha value is -0.340. The lowest BCUT2D eigenvalue weighted by Crippen LogP contribution is -1.97. The number of aliphatic hydroxyl groups is 2. The smallest absolute Gasteiger partial charge is 0.0639 e. The Morgan fingerprint density at radius 2 is 1.92 bits per heavy atom. The van der Waals surface area contributed by atoms with Crippen LogP contribution in [0.4, 0.5) is 0 Å². The van der Waals surface area contributed by atoms with Crippen LogP contribution in [-0.4, -0.2) is 23.4 Å². The van der Waals surface area contributed by atoms with Crippen LogP contribution in [0.2, 0.25) is 0 Å². The van der Waals surface area contributed by atoms with Crippen LogP contribution in [-0.2, 0) is 0 Å². The Labute approximate surface area is 82.3 Å². The molecular weight excluding hydrogens is 164 g/mol. The predicted octanol–water partition coefficient (Wildman–Crippen LogP) is 2.36. The topological polar surface area (TPSA) is 40.5 Å². The molecule has 2 nitrogen and oxygen atoms in total. The van der Waals surface area contributed by atoms with E-state index in [1.165, 1.54) is 0 Å². The van der Waals surface area contributed by atoms with E-state index in [1.54, 1.807) is 0 Å². The van der Waals surface area contributed by atoms with Crippen molar-refractivity contribution in [2.75, 3.05) is 13.2 Å². The lowest BCUT2D eigenvalue weighted by molar-refractivity contribution is 0.259. The molecule has 0 saturated heterocycles. The maximum atomic E-state index is 8.70. The molecule has 0 bridgehead atoms. The van der Waals surface area contributed by atoms with Crippen LogP contribution in [0.1, 0.15) is 40.5 Å². The quantitative estimate of drug-likeness (QED) is 0.628. The molecule has 0 heterocycles. The molecule has 2 heteroatoms. The fraction of sp³-hybridized carbons (Fsp3) is 0.818. The highest BCUT2D eigenvalue weighted by Crippen LogP contribution is 2.10. The van der Waals surface area contributed by atoms with Crippen molar-refractivity contribution >= 4 is 0 Å². The largest absolute Gasteiger partial charge is 0.396 e. The first-order valence-corrected chi connectivity index (χ1v) is 4.58. The lowest BCUT2D eigenvalue weighted by atomic mass is 10.0. The van der Waals surface area contributed by atoms with Gasteiger partial charge in [0.1, 0.15) is 0 Å². The summed E-state index contributed by atoms with van der Waals surface area (Å²) in [7, 11) is 0. The zero-order valence-corrected chi connectivity index (χ0v) is 8.08. The lowest BCUT2D eigenvalue weighted by Gasteiger charge is -2.06. The maximum Gasteiger partial charge on any atom is 0.0639 e. The summed E-state index contributed by atoms with van der Waals surface area (Å²) < 4.78 is 0. The molecule has 0 rings (SSSR count). The van der Waals surface area contributed by atoms with Crippen molar-refractivity contribution in [2.45, 2.75) is 40.5 Å². The summed E-state index contributed by atoms with van der Waals surface area (Å²) in [4.78, 5) is 0. The summed E-state index contributed by atoms with van der Waals surface area (Å²) >= 11 is 0. The van der Waals surface area contributed by atoms with Gasteiger partial charge in [-0.1, -0.05) is 26.0 Å². The monoisotopic (exact) mass is 188 g/mol. The molecule has 80 valence electrons. The summed E-state index contributed by atoms with van der Waals surface area (Å²) in [6.07, 6.45) is 5.05. The first kappa shape index (κ1) is 15.1. The summed E-state index contributed by atoms with van der Waals surface area (Å²) in [6, 6.07) is 0. The van der Waals surface area contributed by atoms with E-state index in [4.69, 9.17) is 10.2 Å². The number of hydrogen-bond acceptors (Lipinski definition) is 2. The minimum atomic E-state index is 0. The molecule has 0 spiro atoms. The molecule has 0 amide bonds. The second-order valence-electron chi connectivity index (χ2n) is 3.40. The van der Waals surface area contributed by atoms with Crippen molar-refractivity contribution in [3.63, 3.8) is 0 Å². The maximum absolute atomic E-state index is 8.70. The van der Waals surface area contributed by atoms with Crippen LogP contribution in [0.5, 0.6) is 0 Å². The Morgan fingerprint density at radius 3 is 2.38 bits per heavy atom. The average molecular weight is 188 g/mol. The Morgan fingerprint density at radius 1 is 1.31 bits per heavy atom. The van der Waals surface area contributed by atoms with E-state index in [0.717, 1.165) is 24.8 Å². The number of aliphatic hydroxyl groups excluding tert-OH is 2. The van der Waals surface area contributed by atoms with E-state index in [1.807, 2.05) is 6.92 Å². The second-order valence-corrected chi connectivity index (χ2v) is 3.40. The zero-order chi connectivity index (χ0) is 9.40. The third-order valence-electron chi connectivity index (χ3n) is 2.02. The summed E-state index contributed by atoms with van der Waals surface area (Å²) in [5.74, 6) is 0.581. The molecule has 0 aromatic rings. The first-order valence-electron chi connectivity index (χ1n) is 4.58. The van der Waals surface area contributed by atoms with Crippen molar-refractivity contribution in [3.05, 3.63) is 11.6 Å². The number of hydrogen-bond donors (Lipinski definition) is 2. The van der Waals surface area contributed by atoms with Crippen molar-refractivity contribution in [2.24, 2.45) is 5.92 Å². The Bertz CT molecular complexity index is 130. The van der Waals surface area contributed by atoms with Crippen molar-refractivity contribution in [1.82, 2.24) is 0 Å². The Kier molecular flexibility index (Phi) is 11.4. The third-order valence-corrected chi connectivity index (χ3v) is 2.02. The summed E-state index contributed by atoms with van der Waals surface area (Å²) in [5, 5.41) is 17.3. The molecule has 0 radical (unpaired) electrons. The highest BCUT2D eigenvalue weighted by molar-refractivity contribution is 4.97. The van der Waals surface area contributed by atoms with Gasteiger partial charge in [0.05, 0.1) is 6.61 Å².